The summed E-state index contributed by atoms with van der Waals surface area (Å²) in [5.41, 5.74) is 12.6. The van der Waals surface area contributed by atoms with Crippen molar-refractivity contribution < 1.29 is 0 Å². The van der Waals surface area contributed by atoms with Gasteiger partial charge in [-0.25, -0.2) is 0 Å². The Bertz CT molecular complexity index is 592. The molecule has 0 fully saturated rings. The summed E-state index contributed by atoms with van der Waals surface area (Å²) < 4.78 is 0. The van der Waals surface area contributed by atoms with Crippen LogP contribution in [0.3, 0.4) is 0 Å². The summed E-state index contributed by atoms with van der Waals surface area (Å²) >= 11 is 0. The minimum Gasteiger partial charge on any atom is -0.324 e. The van der Waals surface area contributed by atoms with E-state index in [-0.39, 0.29) is 6.04 Å². The molecular weight excluding hydrogens is 254 g/mol. The van der Waals surface area contributed by atoms with Crippen LogP contribution in [0.15, 0.2) is 42.5 Å². The molecule has 1 nitrogen and oxygen atoms in total. The second kappa shape index (κ2) is 6.44. The molecule has 0 bridgehead atoms. The lowest BCUT2D eigenvalue weighted by atomic mass is 9.88. The number of benzene rings is 2. The molecule has 1 atom stereocenters. The van der Waals surface area contributed by atoms with Gasteiger partial charge in [0.05, 0.1) is 0 Å². The number of hydrogen-bond acceptors (Lipinski definition) is 1. The predicted octanol–water partition coefficient (Wildman–Crippen LogP) is 5.62. The van der Waals surface area contributed by atoms with Gasteiger partial charge in [0.25, 0.3) is 0 Å². The lowest BCUT2D eigenvalue weighted by Gasteiger charge is -2.17. The molecule has 112 valence electrons. The largest absolute Gasteiger partial charge is 0.324 e. The van der Waals surface area contributed by atoms with E-state index in [9.17, 15) is 0 Å². The summed E-state index contributed by atoms with van der Waals surface area (Å²) in [6, 6.07) is 15.6. The molecule has 21 heavy (non-hydrogen) atoms. The Balaban J connectivity index is 2.47. The van der Waals surface area contributed by atoms with Gasteiger partial charge in [-0.3, -0.25) is 0 Å². The van der Waals surface area contributed by atoms with Gasteiger partial charge in [-0.2, -0.15) is 0 Å². The van der Waals surface area contributed by atoms with E-state index in [1.54, 1.807) is 0 Å². The third kappa shape index (κ3) is 3.54. The van der Waals surface area contributed by atoms with Crippen molar-refractivity contribution in [2.45, 2.75) is 52.5 Å². The first kappa shape index (κ1) is 15.8. The van der Waals surface area contributed by atoms with E-state index in [4.69, 9.17) is 5.73 Å². The van der Waals surface area contributed by atoms with E-state index < -0.39 is 0 Å². The molecule has 0 radical (unpaired) electrons. The van der Waals surface area contributed by atoms with Crippen LogP contribution < -0.4 is 5.73 Å². The molecular formula is C20H27N. The van der Waals surface area contributed by atoms with E-state index >= 15 is 0 Å². The Morgan fingerprint density at radius 2 is 1.29 bits per heavy atom. The van der Waals surface area contributed by atoms with Crippen LogP contribution in [0.5, 0.6) is 0 Å². The van der Waals surface area contributed by atoms with Gasteiger partial charge in [-0.1, -0.05) is 70.2 Å². The smallest absolute Gasteiger partial charge is 0.0266 e. The van der Waals surface area contributed by atoms with Crippen molar-refractivity contribution in [3.05, 3.63) is 59.2 Å². The summed E-state index contributed by atoms with van der Waals surface area (Å²) in [5.74, 6) is 1.09. The zero-order valence-corrected chi connectivity index (χ0v) is 13.9. The zero-order chi connectivity index (χ0) is 15.6. The maximum Gasteiger partial charge on any atom is 0.0266 e. The molecule has 0 heterocycles. The maximum absolute atomic E-state index is 5.93. The zero-order valence-electron chi connectivity index (χ0n) is 13.9. The number of hydrogen-bond donors (Lipinski definition) is 1. The Morgan fingerprint density at radius 3 is 1.76 bits per heavy atom. The molecule has 0 aliphatic heterocycles. The van der Waals surface area contributed by atoms with Gasteiger partial charge in [0.1, 0.15) is 0 Å². The quantitative estimate of drug-likeness (QED) is 0.773. The molecule has 2 aromatic rings. The second-order valence-electron chi connectivity index (χ2n) is 6.57. The number of nitrogens with two attached hydrogens (primary N) is 1. The van der Waals surface area contributed by atoms with Gasteiger partial charge in [-0.15, -0.1) is 0 Å². The fraction of sp³-hybridized carbons (Fsp3) is 0.400. The molecule has 1 unspecified atom stereocenters. The van der Waals surface area contributed by atoms with E-state index in [1.165, 1.54) is 27.8 Å². The first-order chi connectivity index (χ1) is 9.90. The summed E-state index contributed by atoms with van der Waals surface area (Å²) in [6.07, 6.45) is 0. The van der Waals surface area contributed by atoms with E-state index in [2.05, 4.69) is 70.2 Å². The van der Waals surface area contributed by atoms with Gasteiger partial charge in [0.2, 0.25) is 0 Å². The SMILES string of the molecule is CC(C)c1ccc(-c2ccc(C(C)N)cc2)c(C(C)C)c1. The lowest BCUT2D eigenvalue weighted by molar-refractivity contribution is 0.818. The molecule has 0 amide bonds. The van der Waals surface area contributed by atoms with Crippen LogP contribution in [0.25, 0.3) is 11.1 Å². The molecule has 1 heteroatoms. The normalized spacial score (nSPS) is 13.0. The molecule has 0 aromatic heterocycles. The Morgan fingerprint density at radius 1 is 0.714 bits per heavy atom. The minimum absolute atomic E-state index is 0.0898. The molecule has 0 saturated carbocycles. The Hall–Kier alpha value is -1.60. The van der Waals surface area contributed by atoms with Crippen LogP contribution in [-0.2, 0) is 0 Å². The fourth-order valence-electron chi connectivity index (χ4n) is 2.65. The van der Waals surface area contributed by atoms with Gasteiger partial charge in [0.15, 0.2) is 0 Å². The van der Waals surface area contributed by atoms with Crippen molar-refractivity contribution in [3.63, 3.8) is 0 Å². The maximum atomic E-state index is 5.93. The molecule has 0 aliphatic rings. The van der Waals surface area contributed by atoms with Gasteiger partial charge in [-0.05, 0) is 46.6 Å². The molecule has 2 N–H and O–H groups in total. The van der Waals surface area contributed by atoms with Crippen molar-refractivity contribution in [2.75, 3.05) is 0 Å². The van der Waals surface area contributed by atoms with Crippen molar-refractivity contribution in [1.82, 2.24) is 0 Å². The molecule has 0 saturated heterocycles. The topological polar surface area (TPSA) is 26.0 Å². The van der Waals surface area contributed by atoms with Crippen LogP contribution in [0.4, 0.5) is 0 Å². The monoisotopic (exact) mass is 281 g/mol. The van der Waals surface area contributed by atoms with Crippen LogP contribution in [-0.4, -0.2) is 0 Å². The highest BCUT2D eigenvalue weighted by molar-refractivity contribution is 5.69. The molecule has 0 spiro atoms. The van der Waals surface area contributed by atoms with Crippen molar-refractivity contribution in [2.24, 2.45) is 5.73 Å². The van der Waals surface area contributed by atoms with Gasteiger partial charge >= 0.3 is 0 Å². The number of rotatable bonds is 4. The first-order valence-electron chi connectivity index (χ1n) is 7.90. The highest BCUT2D eigenvalue weighted by Gasteiger charge is 2.11. The van der Waals surface area contributed by atoms with E-state index in [0.717, 1.165) is 0 Å². The predicted molar refractivity (Wildman–Crippen MR) is 92.7 cm³/mol. The van der Waals surface area contributed by atoms with Crippen molar-refractivity contribution in [3.8, 4) is 11.1 Å². The van der Waals surface area contributed by atoms with Crippen LogP contribution in [0.2, 0.25) is 0 Å². The van der Waals surface area contributed by atoms with Crippen molar-refractivity contribution in [1.29, 1.82) is 0 Å². The summed E-state index contributed by atoms with van der Waals surface area (Å²) in [4.78, 5) is 0. The van der Waals surface area contributed by atoms with Crippen LogP contribution in [0, 0.1) is 0 Å². The third-order valence-corrected chi connectivity index (χ3v) is 4.11. The summed E-state index contributed by atoms with van der Waals surface area (Å²) in [7, 11) is 0. The van der Waals surface area contributed by atoms with Gasteiger partial charge in [0, 0.05) is 6.04 Å². The third-order valence-electron chi connectivity index (χ3n) is 4.11. The lowest BCUT2D eigenvalue weighted by Crippen LogP contribution is -2.04. The highest BCUT2D eigenvalue weighted by atomic mass is 14.6. The van der Waals surface area contributed by atoms with Crippen LogP contribution in [0.1, 0.15) is 69.2 Å². The van der Waals surface area contributed by atoms with Crippen LogP contribution >= 0.6 is 0 Å². The minimum atomic E-state index is 0.0898. The van der Waals surface area contributed by atoms with Crippen molar-refractivity contribution >= 4 is 0 Å². The Kier molecular flexibility index (Phi) is 4.84. The summed E-state index contributed by atoms with van der Waals surface area (Å²) in [6.45, 7) is 11.0. The van der Waals surface area contributed by atoms with E-state index in [1.807, 2.05) is 6.92 Å². The average molecular weight is 281 g/mol. The first-order valence-corrected chi connectivity index (χ1v) is 7.90. The Labute approximate surface area is 129 Å². The van der Waals surface area contributed by atoms with E-state index in [0.29, 0.717) is 11.8 Å². The average Bonchev–Trinajstić information content (AvgIpc) is 2.46. The standard InChI is InChI=1S/C20H27N/c1-13(2)18-10-11-19(20(12-18)14(3)4)17-8-6-16(7-9-17)15(5)21/h6-15H,21H2,1-5H3. The molecule has 2 aromatic carbocycles. The summed E-state index contributed by atoms with van der Waals surface area (Å²) in [5, 5.41) is 0. The highest BCUT2D eigenvalue weighted by Crippen LogP contribution is 2.32. The second-order valence-corrected chi connectivity index (χ2v) is 6.57. The fourth-order valence-corrected chi connectivity index (χ4v) is 2.65. The van der Waals surface area contributed by atoms with Gasteiger partial charge < -0.3 is 5.73 Å². The molecule has 2 rings (SSSR count). The molecule has 0 aliphatic carbocycles.